The zero-order valence-electron chi connectivity index (χ0n) is 6.45. The highest BCUT2D eigenvalue weighted by molar-refractivity contribution is 14.1. The Morgan fingerprint density at radius 1 is 1.54 bits per heavy atom. The number of aldehydes is 1. The molecular formula is C9H5IO2S. The van der Waals surface area contributed by atoms with Crippen molar-refractivity contribution >= 4 is 50.3 Å². The maximum atomic E-state index is 10.8. The molecule has 4 heteroatoms. The number of halogens is 1. The van der Waals surface area contributed by atoms with Gasteiger partial charge in [-0.3, -0.25) is 4.79 Å². The van der Waals surface area contributed by atoms with Gasteiger partial charge in [-0.15, -0.1) is 11.3 Å². The highest BCUT2D eigenvalue weighted by Gasteiger charge is 2.10. The molecule has 0 unspecified atom stereocenters. The molecule has 2 nitrogen and oxygen atoms in total. The molecular weight excluding hydrogens is 299 g/mol. The second-order valence-electron chi connectivity index (χ2n) is 2.57. The molecule has 0 radical (unpaired) electrons. The zero-order valence-corrected chi connectivity index (χ0v) is 9.43. The van der Waals surface area contributed by atoms with Crippen molar-refractivity contribution in [1.29, 1.82) is 0 Å². The third kappa shape index (κ3) is 1.34. The Kier molecular flexibility index (Phi) is 2.25. The van der Waals surface area contributed by atoms with Crippen LogP contribution in [0.15, 0.2) is 17.5 Å². The maximum absolute atomic E-state index is 10.8. The monoisotopic (exact) mass is 304 g/mol. The van der Waals surface area contributed by atoms with E-state index < -0.39 is 0 Å². The molecule has 0 spiro atoms. The average Bonchev–Trinajstić information content (AvgIpc) is 2.54. The van der Waals surface area contributed by atoms with Crippen LogP contribution in [-0.4, -0.2) is 11.4 Å². The van der Waals surface area contributed by atoms with Crippen molar-refractivity contribution in [2.75, 3.05) is 0 Å². The van der Waals surface area contributed by atoms with Crippen LogP contribution in [-0.2, 0) is 0 Å². The number of thiophene rings is 1. The van der Waals surface area contributed by atoms with Gasteiger partial charge in [0.2, 0.25) is 0 Å². The summed E-state index contributed by atoms with van der Waals surface area (Å²) in [6.07, 6.45) is 0.788. The predicted octanol–water partition coefficient (Wildman–Crippen LogP) is 3.02. The topological polar surface area (TPSA) is 37.3 Å². The van der Waals surface area contributed by atoms with Gasteiger partial charge in [0.15, 0.2) is 6.29 Å². The number of phenols is 1. The molecule has 0 fully saturated rings. The average molecular weight is 304 g/mol. The lowest BCUT2D eigenvalue weighted by atomic mass is 10.1. The van der Waals surface area contributed by atoms with Crippen LogP contribution in [0.4, 0.5) is 0 Å². The number of hydrogen-bond donors (Lipinski definition) is 1. The highest BCUT2D eigenvalue weighted by atomic mass is 127. The van der Waals surface area contributed by atoms with Crippen LogP contribution in [0.25, 0.3) is 10.1 Å². The number of rotatable bonds is 1. The zero-order chi connectivity index (χ0) is 9.42. The van der Waals surface area contributed by atoms with Gasteiger partial charge in [-0.25, -0.2) is 0 Å². The summed E-state index contributed by atoms with van der Waals surface area (Å²) in [7, 11) is 0. The molecule has 1 aromatic carbocycles. The Hall–Kier alpha value is -0.620. The summed E-state index contributed by atoms with van der Waals surface area (Å²) in [6, 6.07) is 3.58. The fourth-order valence-electron chi connectivity index (χ4n) is 1.21. The number of phenolic OH excluding ortho intramolecular Hbond substituents is 1. The van der Waals surface area contributed by atoms with E-state index in [2.05, 4.69) is 0 Å². The van der Waals surface area contributed by atoms with E-state index in [-0.39, 0.29) is 5.75 Å². The van der Waals surface area contributed by atoms with Crippen LogP contribution in [0.5, 0.6) is 5.75 Å². The molecule has 2 aromatic rings. The molecule has 0 aliphatic carbocycles. The van der Waals surface area contributed by atoms with Crippen molar-refractivity contribution in [1.82, 2.24) is 0 Å². The van der Waals surface area contributed by atoms with Crippen LogP contribution in [0, 0.1) is 3.57 Å². The SMILES string of the molecule is O=Cc1c(I)c(O)cc2sccc12. The molecule has 1 heterocycles. The van der Waals surface area contributed by atoms with E-state index in [1.165, 1.54) is 11.3 Å². The summed E-state index contributed by atoms with van der Waals surface area (Å²) in [6.45, 7) is 0. The molecule has 0 saturated heterocycles. The fraction of sp³-hybridized carbons (Fsp3) is 0. The predicted molar refractivity (Wildman–Crippen MR) is 61.6 cm³/mol. The minimum absolute atomic E-state index is 0.178. The standard InChI is InChI=1S/C9H5IO2S/c10-9-6(4-11)5-1-2-13-8(5)3-7(9)12/h1-4,12H. The normalized spacial score (nSPS) is 10.5. The number of aromatic hydroxyl groups is 1. The van der Waals surface area contributed by atoms with Crippen molar-refractivity contribution in [3.05, 3.63) is 26.6 Å². The smallest absolute Gasteiger partial charge is 0.151 e. The van der Waals surface area contributed by atoms with Gasteiger partial charge in [0.05, 0.1) is 3.57 Å². The van der Waals surface area contributed by atoms with Crippen molar-refractivity contribution in [2.24, 2.45) is 0 Å². The van der Waals surface area contributed by atoms with E-state index in [0.717, 1.165) is 16.4 Å². The Balaban J connectivity index is 2.95. The molecule has 2 rings (SSSR count). The highest BCUT2D eigenvalue weighted by Crippen LogP contribution is 2.33. The van der Waals surface area contributed by atoms with E-state index >= 15 is 0 Å². The molecule has 66 valence electrons. The van der Waals surface area contributed by atoms with Gasteiger partial charge >= 0.3 is 0 Å². The number of benzene rings is 1. The van der Waals surface area contributed by atoms with Crippen molar-refractivity contribution in [3.63, 3.8) is 0 Å². The molecule has 13 heavy (non-hydrogen) atoms. The van der Waals surface area contributed by atoms with E-state index in [0.29, 0.717) is 9.13 Å². The lowest BCUT2D eigenvalue weighted by Crippen LogP contribution is -1.86. The summed E-state index contributed by atoms with van der Waals surface area (Å²) >= 11 is 3.49. The van der Waals surface area contributed by atoms with Gasteiger partial charge < -0.3 is 5.11 Å². The maximum Gasteiger partial charge on any atom is 0.151 e. The molecule has 0 bridgehead atoms. The summed E-state index contributed by atoms with van der Waals surface area (Å²) in [4.78, 5) is 10.8. The van der Waals surface area contributed by atoms with Crippen molar-refractivity contribution in [3.8, 4) is 5.75 Å². The minimum atomic E-state index is 0.178. The largest absolute Gasteiger partial charge is 0.507 e. The van der Waals surface area contributed by atoms with Gasteiger partial charge in [0.25, 0.3) is 0 Å². The third-order valence-electron chi connectivity index (χ3n) is 1.83. The first-order valence-electron chi connectivity index (χ1n) is 3.58. The fourth-order valence-corrected chi connectivity index (χ4v) is 2.62. The Morgan fingerprint density at radius 3 is 3.00 bits per heavy atom. The number of fused-ring (bicyclic) bond motifs is 1. The van der Waals surface area contributed by atoms with Crippen LogP contribution < -0.4 is 0 Å². The number of carbonyl (C=O) groups excluding carboxylic acids is 1. The molecule has 0 aliphatic rings. The van der Waals surface area contributed by atoms with E-state index in [4.69, 9.17) is 0 Å². The van der Waals surface area contributed by atoms with Crippen molar-refractivity contribution in [2.45, 2.75) is 0 Å². The lowest BCUT2D eigenvalue weighted by molar-refractivity contribution is 0.112. The van der Waals surface area contributed by atoms with Gasteiger partial charge in [0.1, 0.15) is 5.75 Å². The van der Waals surface area contributed by atoms with Crippen LogP contribution in [0.1, 0.15) is 10.4 Å². The summed E-state index contributed by atoms with van der Waals surface area (Å²) in [5.41, 5.74) is 0.580. The molecule has 1 N–H and O–H groups in total. The van der Waals surface area contributed by atoms with Gasteiger partial charge in [-0.05, 0) is 40.1 Å². The van der Waals surface area contributed by atoms with Gasteiger partial charge in [-0.2, -0.15) is 0 Å². The van der Waals surface area contributed by atoms with E-state index in [1.54, 1.807) is 6.07 Å². The molecule has 0 saturated carbocycles. The van der Waals surface area contributed by atoms with Crippen LogP contribution in [0.3, 0.4) is 0 Å². The quantitative estimate of drug-likeness (QED) is 0.649. The Labute approximate surface area is 92.3 Å². The number of carbonyl (C=O) groups is 1. The van der Waals surface area contributed by atoms with E-state index in [1.807, 2.05) is 34.0 Å². The first-order valence-corrected chi connectivity index (χ1v) is 5.53. The summed E-state index contributed by atoms with van der Waals surface area (Å²) in [5, 5.41) is 12.3. The summed E-state index contributed by atoms with van der Waals surface area (Å²) in [5.74, 6) is 0.178. The van der Waals surface area contributed by atoms with Crippen molar-refractivity contribution < 1.29 is 9.90 Å². The molecule has 0 aliphatic heterocycles. The molecule has 1 aromatic heterocycles. The number of hydrogen-bond acceptors (Lipinski definition) is 3. The third-order valence-corrected chi connectivity index (χ3v) is 3.83. The first kappa shape index (κ1) is 8.96. The van der Waals surface area contributed by atoms with E-state index in [9.17, 15) is 9.90 Å². The van der Waals surface area contributed by atoms with Crippen LogP contribution >= 0.6 is 33.9 Å². The lowest BCUT2D eigenvalue weighted by Gasteiger charge is -2.01. The van der Waals surface area contributed by atoms with Gasteiger partial charge in [0, 0.05) is 15.6 Å². The molecule has 0 atom stereocenters. The summed E-state index contributed by atoms with van der Waals surface area (Å²) < 4.78 is 1.57. The molecule has 0 amide bonds. The second-order valence-corrected chi connectivity index (χ2v) is 4.60. The minimum Gasteiger partial charge on any atom is -0.507 e. The van der Waals surface area contributed by atoms with Crippen LogP contribution in [0.2, 0.25) is 0 Å². The van der Waals surface area contributed by atoms with Gasteiger partial charge in [-0.1, -0.05) is 0 Å². The Bertz CT molecular complexity index is 476. The second kappa shape index (κ2) is 3.26. The first-order chi connectivity index (χ1) is 6.24. The Morgan fingerprint density at radius 2 is 2.31 bits per heavy atom.